The average molecular weight is 291 g/mol. The summed E-state index contributed by atoms with van der Waals surface area (Å²) in [5.41, 5.74) is 1.67. The number of hydrogen-bond acceptors (Lipinski definition) is 0. The van der Waals surface area contributed by atoms with E-state index in [1.54, 1.807) is 0 Å². The van der Waals surface area contributed by atoms with Crippen molar-refractivity contribution in [2.24, 2.45) is 0 Å². The van der Waals surface area contributed by atoms with E-state index in [0.29, 0.717) is 0 Å². The highest BCUT2D eigenvalue weighted by molar-refractivity contribution is 5.17. The molecule has 0 unspecified atom stereocenters. The minimum Gasteiger partial charge on any atom is -1.00 e. The predicted octanol–water partition coefficient (Wildman–Crippen LogP) is -0.704. The first-order valence-corrected chi connectivity index (χ1v) is 4.53. The number of rotatable bonds is 1. The van der Waals surface area contributed by atoms with Gasteiger partial charge in [-0.2, -0.15) is 0 Å². The molecule has 1 heterocycles. The van der Waals surface area contributed by atoms with Gasteiger partial charge in [-0.3, -0.25) is 0 Å². The predicted molar refractivity (Wildman–Crippen MR) is 51.0 cm³/mol. The van der Waals surface area contributed by atoms with E-state index in [9.17, 15) is 0 Å². The molecule has 0 aliphatic carbocycles. The maximum Gasteiger partial charge on any atom is 0.169 e. The van der Waals surface area contributed by atoms with E-state index in [1.165, 1.54) is 5.56 Å². The van der Waals surface area contributed by atoms with E-state index in [4.69, 9.17) is 0 Å². The number of halogens is 1. The second kappa shape index (κ2) is 4.94. The first kappa shape index (κ1) is 12.9. The van der Waals surface area contributed by atoms with Crippen molar-refractivity contribution >= 4 is 0 Å². The first-order chi connectivity index (χ1) is 5.54. The summed E-state index contributed by atoms with van der Waals surface area (Å²) >= 11 is 0. The van der Waals surface area contributed by atoms with Crippen LogP contribution in [0.3, 0.4) is 0 Å². The molecule has 0 bridgehead atoms. The molecular weight excluding hydrogens is 273 g/mol. The molecule has 0 saturated heterocycles. The van der Waals surface area contributed by atoms with Gasteiger partial charge < -0.3 is 24.0 Å². The molecule has 0 aromatic carbocycles. The van der Waals surface area contributed by atoms with E-state index < -0.39 is 0 Å². The third kappa shape index (κ3) is 3.63. The normalized spacial score (nSPS) is 10.8. The minimum absolute atomic E-state index is 0. The second-order valence-electron chi connectivity index (χ2n) is 4.17. The summed E-state index contributed by atoms with van der Waals surface area (Å²) in [6, 6.07) is 4.40. The SMILES string of the molecule is CC[n+]1ccc(C(C)(C)C)cc1.[I-]. The molecule has 13 heavy (non-hydrogen) atoms. The molecule has 74 valence electrons. The summed E-state index contributed by atoms with van der Waals surface area (Å²) in [7, 11) is 0. The van der Waals surface area contributed by atoms with Gasteiger partial charge in [0, 0.05) is 12.1 Å². The summed E-state index contributed by atoms with van der Waals surface area (Å²) in [6.45, 7) is 9.90. The van der Waals surface area contributed by atoms with Crippen molar-refractivity contribution < 1.29 is 28.5 Å². The van der Waals surface area contributed by atoms with Gasteiger partial charge >= 0.3 is 0 Å². The molecule has 0 radical (unpaired) electrons. The van der Waals surface area contributed by atoms with E-state index >= 15 is 0 Å². The lowest BCUT2D eigenvalue weighted by molar-refractivity contribution is -0.693. The van der Waals surface area contributed by atoms with Gasteiger partial charge in [0.1, 0.15) is 6.54 Å². The van der Waals surface area contributed by atoms with Crippen molar-refractivity contribution in [2.75, 3.05) is 0 Å². The molecule has 0 N–H and O–H groups in total. The Labute approximate surface area is 98.2 Å². The van der Waals surface area contributed by atoms with Crippen LogP contribution in [-0.4, -0.2) is 0 Å². The quantitative estimate of drug-likeness (QED) is 0.476. The Morgan fingerprint density at radius 1 is 1.15 bits per heavy atom. The fraction of sp³-hybridized carbons (Fsp3) is 0.545. The van der Waals surface area contributed by atoms with E-state index in [1.807, 2.05) is 0 Å². The van der Waals surface area contributed by atoms with E-state index in [-0.39, 0.29) is 29.4 Å². The third-order valence-corrected chi connectivity index (χ3v) is 2.12. The topological polar surface area (TPSA) is 3.88 Å². The first-order valence-electron chi connectivity index (χ1n) is 4.53. The minimum atomic E-state index is 0. The molecular formula is C11H18IN. The monoisotopic (exact) mass is 291 g/mol. The molecule has 0 fully saturated rings. The van der Waals surface area contributed by atoms with Crippen LogP contribution in [0, 0.1) is 0 Å². The number of pyridine rings is 1. The van der Waals surface area contributed by atoms with Crippen molar-refractivity contribution in [2.45, 2.75) is 39.7 Å². The van der Waals surface area contributed by atoms with Gasteiger partial charge in [-0.15, -0.1) is 0 Å². The molecule has 0 atom stereocenters. The molecule has 1 aromatic heterocycles. The van der Waals surface area contributed by atoms with Crippen molar-refractivity contribution in [1.29, 1.82) is 0 Å². The van der Waals surface area contributed by atoms with Crippen LogP contribution in [0.1, 0.15) is 33.3 Å². The Morgan fingerprint density at radius 2 is 1.62 bits per heavy atom. The van der Waals surface area contributed by atoms with Crippen LogP contribution in [0.2, 0.25) is 0 Å². The summed E-state index contributed by atoms with van der Waals surface area (Å²) in [6.07, 6.45) is 4.28. The lowest BCUT2D eigenvalue weighted by Crippen LogP contribution is -3.00. The Balaban J connectivity index is 0.00000144. The zero-order valence-electron chi connectivity index (χ0n) is 8.84. The van der Waals surface area contributed by atoms with Crippen molar-refractivity contribution in [3.05, 3.63) is 30.1 Å². The van der Waals surface area contributed by atoms with Gasteiger partial charge in [0.25, 0.3) is 0 Å². The zero-order chi connectivity index (χ0) is 9.19. The molecule has 2 heteroatoms. The highest BCUT2D eigenvalue weighted by Crippen LogP contribution is 2.19. The molecule has 0 aliphatic heterocycles. The maximum absolute atomic E-state index is 2.23. The Morgan fingerprint density at radius 3 is 1.92 bits per heavy atom. The molecule has 0 saturated carbocycles. The van der Waals surface area contributed by atoms with Crippen molar-refractivity contribution in [3.8, 4) is 0 Å². The Bertz CT molecular complexity index is 246. The molecule has 1 rings (SSSR count). The van der Waals surface area contributed by atoms with Gasteiger partial charge in [-0.1, -0.05) is 20.8 Å². The number of aryl methyl sites for hydroxylation is 1. The molecule has 0 spiro atoms. The molecule has 0 aliphatic rings. The van der Waals surface area contributed by atoms with Gasteiger partial charge in [0.05, 0.1) is 0 Å². The fourth-order valence-corrected chi connectivity index (χ4v) is 1.17. The van der Waals surface area contributed by atoms with Gasteiger partial charge in [-0.25, -0.2) is 4.57 Å². The number of hydrogen-bond donors (Lipinski definition) is 0. The standard InChI is InChI=1S/C11H18N.HI/c1-5-12-8-6-10(7-9-12)11(2,3)4;/h6-9H,5H2,1-4H3;1H/q+1;/p-1. The van der Waals surface area contributed by atoms with Crippen molar-refractivity contribution in [1.82, 2.24) is 0 Å². The Kier molecular flexibility index (Phi) is 4.89. The number of nitrogens with zero attached hydrogens (tertiary/aromatic N) is 1. The average Bonchev–Trinajstić information content (AvgIpc) is 2.03. The van der Waals surface area contributed by atoms with Crippen LogP contribution in [-0.2, 0) is 12.0 Å². The van der Waals surface area contributed by atoms with Crippen LogP contribution in [0.4, 0.5) is 0 Å². The zero-order valence-corrected chi connectivity index (χ0v) is 11.0. The van der Waals surface area contributed by atoms with Crippen LogP contribution in [0.25, 0.3) is 0 Å². The molecule has 0 amide bonds. The van der Waals surface area contributed by atoms with Gasteiger partial charge in [-0.05, 0) is 17.9 Å². The largest absolute Gasteiger partial charge is 1.00 e. The van der Waals surface area contributed by atoms with Gasteiger partial charge in [0.2, 0.25) is 0 Å². The van der Waals surface area contributed by atoms with Crippen molar-refractivity contribution in [3.63, 3.8) is 0 Å². The summed E-state index contributed by atoms with van der Waals surface area (Å²) in [5.74, 6) is 0. The lowest BCUT2D eigenvalue weighted by atomic mass is 9.88. The Hall–Kier alpha value is -0.120. The smallest absolute Gasteiger partial charge is 0.169 e. The van der Waals surface area contributed by atoms with Crippen LogP contribution >= 0.6 is 0 Å². The second-order valence-corrected chi connectivity index (χ2v) is 4.17. The highest BCUT2D eigenvalue weighted by atomic mass is 127. The molecule has 1 aromatic rings. The fourth-order valence-electron chi connectivity index (χ4n) is 1.17. The molecule has 1 nitrogen and oxygen atoms in total. The lowest BCUT2D eigenvalue weighted by Gasteiger charge is -2.17. The summed E-state index contributed by atoms with van der Waals surface area (Å²) in [4.78, 5) is 0. The van der Waals surface area contributed by atoms with Crippen LogP contribution in [0.15, 0.2) is 24.5 Å². The van der Waals surface area contributed by atoms with E-state index in [0.717, 1.165) is 6.54 Å². The summed E-state index contributed by atoms with van der Waals surface area (Å²) < 4.78 is 2.18. The number of aromatic nitrogens is 1. The van der Waals surface area contributed by atoms with Crippen LogP contribution in [0.5, 0.6) is 0 Å². The summed E-state index contributed by atoms with van der Waals surface area (Å²) in [5, 5.41) is 0. The maximum atomic E-state index is 2.23. The van der Waals surface area contributed by atoms with Crippen LogP contribution < -0.4 is 28.5 Å². The third-order valence-electron chi connectivity index (χ3n) is 2.12. The van der Waals surface area contributed by atoms with E-state index in [2.05, 4.69) is 56.8 Å². The van der Waals surface area contributed by atoms with Gasteiger partial charge in [0.15, 0.2) is 12.4 Å². The highest BCUT2D eigenvalue weighted by Gasteiger charge is 2.14.